The van der Waals surface area contributed by atoms with Gasteiger partial charge in [-0.05, 0) is 30.3 Å². The molecule has 7 heteroatoms. The highest BCUT2D eigenvalue weighted by atomic mass is 79.9. The molecule has 0 aliphatic carbocycles. The van der Waals surface area contributed by atoms with Crippen molar-refractivity contribution in [1.82, 2.24) is 0 Å². The van der Waals surface area contributed by atoms with E-state index in [-0.39, 0.29) is 16.8 Å². The number of hydrogen-bond acceptors (Lipinski definition) is 3. The predicted molar refractivity (Wildman–Crippen MR) is 98.8 cm³/mol. The highest BCUT2D eigenvalue weighted by Gasteiger charge is 2.22. The van der Waals surface area contributed by atoms with E-state index in [0.29, 0.717) is 4.88 Å². The van der Waals surface area contributed by atoms with E-state index in [4.69, 9.17) is 0 Å². The van der Waals surface area contributed by atoms with E-state index in [0.717, 1.165) is 10.0 Å². The van der Waals surface area contributed by atoms with E-state index in [1.54, 1.807) is 11.4 Å². The van der Waals surface area contributed by atoms with Crippen molar-refractivity contribution in [3.05, 3.63) is 75.3 Å². The number of aromatic carboxylic acids is 1. The lowest BCUT2D eigenvalue weighted by atomic mass is 10.1. The van der Waals surface area contributed by atoms with Gasteiger partial charge in [0.15, 0.2) is 0 Å². The fraction of sp³-hybridized carbons (Fsp3) is 0. The van der Waals surface area contributed by atoms with Crippen LogP contribution in [-0.4, -0.2) is 17.0 Å². The second-order valence-corrected chi connectivity index (χ2v) is 6.83. The van der Waals surface area contributed by atoms with Gasteiger partial charge in [-0.1, -0.05) is 34.1 Å². The quantitative estimate of drug-likeness (QED) is 0.605. The molecule has 0 saturated heterocycles. The predicted octanol–water partition coefficient (Wildman–Crippen LogP) is 5.27. The number of carboxylic acids is 1. The summed E-state index contributed by atoms with van der Waals surface area (Å²) in [6.45, 7) is 0. The largest absolute Gasteiger partial charge is 0.478 e. The molecule has 3 rings (SSSR count). The number of benzene rings is 2. The topological polar surface area (TPSA) is 66.4 Å². The number of carbonyl (C=O) groups is 2. The van der Waals surface area contributed by atoms with Gasteiger partial charge in [0.05, 0.1) is 10.6 Å². The van der Waals surface area contributed by atoms with Gasteiger partial charge >= 0.3 is 5.97 Å². The molecule has 3 aromatic rings. The summed E-state index contributed by atoms with van der Waals surface area (Å²) in [5.74, 6) is -2.09. The number of carbonyl (C=O) groups excluding carboxylic acids is 1. The fourth-order valence-electron chi connectivity index (χ4n) is 2.30. The molecule has 1 heterocycles. The Balaban J connectivity index is 1.98. The first-order valence-corrected chi connectivity index (χ1v) is 8.81. The van der Waals surface area contributed by atoms with Crippen LogP contribution in [0.2, 0.25) is 0 Å². The number of nitrogens with one attached hydrogen (secondary N) is 1. The molecule has 2 aromatic carbocycles. The number of hydrogen-bond donors (Lipinski definition) is 2. The highest BCUT2D eigenvalue weighted by molar-refractivity contribution is 9.10. The summed E-state index contributed by atoms with van der Waals surface area (Å²) in [5, 5.41) is 13.8. The molecule has 0 unspecified atom stereocenters. The van der Waals surface area contributed by atoms with Gasteiger partial charge in [-0.15, -0.1) is 11.3 Å². The lowest BCUT2D eigenvalue weighted by molar-refractivity contribution is 0.0699. The smallest absolute Gasteiger partial charge is 0.339 e. The molecule has 4 nitrogen and oxygen atoms in total. The summed E-state index contributed by atoms with van der Waals surface area (Å²) in [4.78, 5) is 24.6. The van der Waals surface area contributed by atoms with Crippen LogP contribution in [0, 0.1) is 5.82 Å². The standard InChI is InChI=1S/C18H11BrFNO3S/c19-13-4-2-1-3-12(13)16-15(18(23)24)14(9-25-16)21-17(22)10-5-7-11(20)8-6-10/h1-9H,(H,21,22)(H,23,24). The Morgan fingerprint density at radius 1 is 1.08 bits per heavy atom. The van der Waals surface area contributed by atoms with Crippen LogP contribution >= 0.6 is 27.3 Å². The van der Waals surface area contributed by atoms with Crippen molar-refractivity contribution in [2.45, 2.75) is 0 Å². The normalized spacial score (nSPS) is 10.5. The van der Waals surface area contributed by atoms with Crippen molar-refractivity contribution in [3.63, 3.8) is 0 Å². The third-order valence-corrected chi connectivity index (χ3v) is 5.18. The summed E-state index contributed by atoms with van der Waals surface area (Å²) in [5.41, 5.74) is 1.20. The van der Waals surface area contributed by atoms with E-state index in [1.165, 1.54) is 35.6 Å². The van der Waals surface area contributed by atoms with Crippen molar-refractivity contribution < 1.29 is 19.1 Å². The van der Waals surface area contributed by atoms with Gasteiger partial charge in [-0.2, -0.15) is 0 Å². The van der Waals surface area contributed by atoms with E-state index >= 15 is 0 Å². The molecule has 0 radical (unpaired) electrons. The summed E-state index contributed by atoms with van der Waals surface area (Å²) in [7, 11) is 0. The zero-order valence-electron chi connectivity index (χ0n) is 12.6. The maximum Gasteiger partial charge on any atom is 0.339 e. The Morgan fingerprint density at radius 2 is 1.76 bits per heavy atom. The highest BCUT2D eigenvalue weighted by Crippen LogP contribution is 2.39. The molecule has 25 heavy (non-hydrogen) atoms. The molecule has 0 atom stereocenters. The van der Waals surface area contributed by atoms with Crippen LogP contribution in [0.4, 0.5) is 10.1 Å². The van der Waals surface area contributed by atoms with Crippen molar-refractivity contribution in [1.29, 1.82) is 0 Å². The van der Waals surface area contributed by atoms with Gasteiger partial charge in [0.25, 0.3) is 5.91 Å². The fourth-order valence-corrected chi connectivity index (χ4v) is 3.95. The summed E-state index contributed by atoms with van der Waals surface area (Å²) in [6, 6.07) is 12.3. The molecule has 126 valence electrons. The first-order valence-electron chi connectivity index (χ1n) is 7.14. The Bertz CT molecular complexity index is 953. The first-order chi connectivity index (χ1) is 12.0. The summed E-state index contributed by atoms with van der Waals surface area (Å²) >= 11 is 4.64. The number of anilines is 1. The average Bonchev–Trinajstić information content (AvgIpc) is 2.99. The zero-order chi connectivity index (χ0) is 18.0. The van der Waals surface area contributed by atoms with E-state index < -0.39 is 17.7 Å². The lowest BCUT2D eigenvalue weighted by Gasteiger charge is -2.07. The minimum Gasteiger partial charge on any atom is -0.478 e. The lowest BCUT2D eigenvalue weighted by Crippen LogP contribution is -2.14. The Labute approximate surface area is 155 Å². The molecule has 1 amide bonds. The van der Waals surface area contributed by atoms with Gasteiger partial charge in [-0.25, -0.2) is 9.18 Å². The minimum absolute atomic E-state index is 0.0207. The second kappa shape index (κ2) is 7.16. The van der Waals surface area contributed by atoms with Crippen LogP contribution in [0.5, 0.6) is 0 Å². The molecule has 0 spiro atoms. The Kier molecular flexibility index (Phi) is 4.96. The zero-order valence-corrected chi connectivity index (χ0v) is 15.0. The summed E-state index contributed by atoms with van der Waals surface area (Å²) < 4.78 is 13.7. The van der Waals surface area contributed by atoms with E-state index in [2.05, 4.69) is 21.2 Å². The monoisotopic (exact) mass is 419 g/mol. The Hall–Kier alpha value is -2.51. The van der Waals surface area contributed by atoms with Gasteiger partial charge in [0.1, 0.15) is 11.4 Å². The van der Waals surface area contributed by atoms with Crippen molar-refractivity contribution >= 4 is 44.8 Å². The number of halogens is 2. The molecule has 0 aliphatic rings. The average molecular weight is 420 g/mol. The number of amides is 1. The van der Waals surface area contributed by atoms with Gasteiger partial charge in [-0.3, -0.25) is 4.79 Å². The molecule has 2 N–H and O–H groups in total. The third kappa shape index (κ3) is 3.62. The van der Waals surface area contributed by atoms with E-state index in [1.807, 2.05) is 18.2 Å². The number of rotatable bonds is 4. The van der Waals surface area contributed by atoms with Crippen LogP contribution in [0.1, 0.15) is 20.7 Å². The third-order valence-electron chi connectivity index (χ3n) is 3.48. The van der Waals surface area contributed by atoms with Crippen LogP contribution in [0.15, 0.2) is 58.4 Å². The first kappa shape index (κ1) is 17.3. The number of carboxylic acid groups (broad SMARTS) is 1. The molecule has 1 aromatic heterocycles. The maximum absolute atomic E-state index is 13.0. The van der Waals surface area contributed by atoms with Gasteiger partial charge < -0.3 is 10.4 Å². The molecule has 0 bridgehead atoms. The van der Waals surface area contributed by atoms with Gasteiger partial charge in [0, 0.05) is 21.0 Å². The Morgan fingerprint density at radius 3 is 2.40 bits per heavy atom. The molecule has 0 fully saturated rings. The van der Waals surface area contributed by atoms with Crippen molar-refractivity contribution in [2.75, 3.05) is 5.32 Å². The molecule has 0 saturated carbocycles. The molecular weight excluding hydrogens is 409 g/mol. The van der Waals surface area contributed by atoms with Crippen LogP contribution in [-0.2, 0) is 0 Å². The molecule has 0 aliphatic heterocycles. The SMILES string of the molecule is O=C(Nc1csc(-c2ccccc2Br)c1C(=O)O)c1ccc(F)cc1. The van der Waals surface area contributed by atoms with Crippen LogP contribution < -0.4 is 5.32 Å². The van der Waals surface area contributed by atoms with Crippen molar-refractivity contribution in [2.24, 2.45) is 0 Å². The van der Waals surface area contributed by atoms with Crippen molar-refractivity contribution in [3.8, 4) is 10.4 Å². The summed E-state index contributed by atoms with van der Waals surface area (Å²) in [6.07, 6.45) is 0. The minimum atomic E-state index is -1.14. The molecular formula is C18H11BrFNO3S. The van der Waals surface area contributed by atoms with E-state index in [9.17, 15) is 19.1 Å². The second-order valence-electron chi connectivity index (χ2n) is 5.10. The maximum atomic E-state index is 13.0. The van der Waals surface area contributed by atoms with Gasteiger partial charge in [0.2, 0.25) is 0 Å². The number of thiophene rings is 1. The van der Waals surface area contributed by atoms with Crippen LogP contribution in [0.25, 0.3) is 10.4 Å². The van der Waals surface area contributed by atoms with Crippen LogP contribution in [0.3, 0.4) is 0 Å².